The van der Waals surface area contributed by atoms with Crippen molar-refractivity contribution in [1.82, 2.24) is 4.90 Å². The van der Waals surface area contributed by atoms with Crippen LogP contribution in [0.2, 0.25) is 10.0 Å². The van der Waals surface area contributed by atoms with Crippen LogP contribution in [0.4, 0.5) is 0 Å². The van der Waals surface area contributed by atoms with Crippen molar-refractivity contribution in [2.45, 2.75) is 18.9 Å². The first-order chi connectivity index (χ1) is 10.1. The van der Waals surface area contributed by atoms with Gasteiger partial charge in [0.1, 0.15) is 0 Å². The highest BCUT2D eigenvalue weighted by Crippen LogP contribution is 2.36. The van der Waals surface area contributed by atoms with E-state index in [-0.39, 0.29) is 11.9 Å². The van der Waals surface area contributed by atoms with E-state index in [0.717, 1.165) is 34.3 Å². The van der Waals surface area contributed by atoms with Gasteiger partial charge in [0.2, 0.25) is 0 Å². The third kappa shape index (κ3) is 3.14. The Bertz CT molecular complexity index is 688. The minimum absolute atomic E-state index is 0.0746. The molecule has 0 saturated carbocycles. The molecule has 2 heterocycles. The molecule has 0 radical (unpaired) electrons. The average Bonchev–Trinajstić information content (AvgIpc) is 3.10. The monoisotopic (exact) mass is 403 g/mol. The van der Waals surface area contributed by atoms with Gasteiger partial charge < -0.3 is 4.90 Å². The second kappa shape index (κ2) is 6.29. The molecule has 6 heteroatoms. The molecular formula is C15H12BrCl2NOS. The summed E-state index contributed by atoms with van der Waals surface area (Å²) in [7, 11) is 0. The lowest BCUT2D eigenvalue weighted by Gasteiger charge is -2.25. The highest BCUT2D eigenvalue weighted by Gasteiger charge is 2.31. The van der Waals surface area contributed by atoms with Crippen molar-refractivity contribution in [3.63, 3.8) is 0 Å². The van der Waals surface area contributed by atoms with E-state index in [4.69, 9.17) is 23.2 Å². The maximum absolute atomic E-state index is 12.6. The van der Waals surface area contributed by atoms with Crippen molar-refractivity contribution < 1.29 is 4.79 Å². The third-order valence-corrected chi connectivity index (χ3v) is 5.90. The van der Waals surface area contributed by atoms with Crippen LogP contribution in [-0.2, 0) is 0 Å². The fraction of sp³-hybridized carbons (Fsp3) is 0.267. The Balaban J connectivity index is 1.88. The minimum Gasteiger partial charge on any atom is -0.332 e. The predicted molar refractivity (Wildman–Crippen MR) is 91.5 cm³/mol. The molecule has 21 heavy (non-hydrogen) atoms. The number of rotatable bonds is 2. The molecule has 3 rings (SSSR count). The van der Waals surface area contributed by atoms with Crippen LogP contribution in [0.25, 0.3) is 0 Å². The van der Waals surface area contributed by atoms with Gasteiger partial charge in [0.05, 0.1) is 25.4 Å². The van der Waals surface area contributed by atoms with Crippen LogP contribution < -0.4 is 0 Å². The Hall–Kier alpha value is -0.550. The quantitative estimate of drug-likeness (QED) is 0.619. The Kier molecular flexibility index (Phi) is 4.60. The van der Waals surface area contributed by atoms with Gasteiger partial charge in [0, 0.05) is 11.9 Å². The first kappa shape index (κ1) is 15.3. The zero-order valence-corrected chi connectivity index (χ0v) is 14.9. The Labute approximate surface area is 145 Å². The fourth-order valence-corrected chi connectivity index (χ4v) is 4.10. The zero-order chi connectivity index (χ0) is 15.0. The number of carbonyl (C=O) groups excluding carboxylic acids is 1. The van der Waals surface area contributed by atoms with Gasteiger partial charge in [0.25, 0.3) is 5.91 Å². The maximum Gasteiger partial charge on any atom is 0.255 e. The van der Waals surface area contributed by atoms with Crippen molar-refractivity contribution >= 4 is 56.4 Å². The Morgan fingerprint density at radius 3 is 2.76 bits per heavy atom. The van der Waals surface area contributed by atoms with Crippen LogP contribution in [0, 0.1) is 0 Å². The summed E-state index contributed by atoms with van der Waals surface area (Å²) in [4.78, 5) is 14.6. The van der Waals surface area contributed by atoms with Crippen molar-refractivity contribution in [2.75, 3.05) is 6.54 Å². The van der Waals surface area contributed by atoms with E-state index in [1.165, 1.54) is 11.3 Å². The third-order valence-electron chi connectivity index (χ3n) is 3.66. The van der Waals surface area contributed by atoms with Gasteiger partial charge in [-0.1, -0.05) is 29.3 Å². The second-order valence-electron chi connectivity index (χ2n) is 4.97. The topological polar surface area (TPSA) is 20.3 Å². The van der Waals surface area contributed by atoms with E-state index in [1.807, 2.05) is 28.5 Å². The molecule has 1 atom stereocenters. The summed E-state index contributed by atoms with van der Waals surface area (Å²) in [6.45, 7) is 0.775. The van der Waals surface area contributed by atoms with E-state index in [1.54, 1.807) is 6.07 Å². The van der Waals surface area contributed by atoms with Crippen LogP contribution in [0.5, 0.6) is 0 Å². The van der Waals surface area contributed by atoms with Crippen LogP contribution >= 0.6 is 50.5 Å². The highest BCUT2D eigenvalue weighted by atomic mass is 79.9. The predicted octanol–water partition coefficient (Wildman–Crippen LogP) is 5.79. The summed E-state index contributed by atoms with van der Waals surface area (Å²) >= 11 is 17.0. The molecule has 0 bridgehead atoms. The van der Waals surface area contributed by atoms with Crippen LogP contribution in [-0.4, -0.2) is 17.4 Å². The molecule has 1 aliphatic rings. The van der Waals surface area contributed by atoms with E-state index in [0.29, 0.717) is 10.0 Å². The largest absolute Gasteiger partial charge is 0.332 e. The summed E-state index contributed by atoms with van der Waals surface area (Å²) in [5, 5.41) is 2.96. The molecule has 0 spiro atoms. The molecule has 110 valence electrons. The molecule has 2 nitrogen and oxygen atoms in total. The summed E-state index contributed by atoms with van der Waals surface area (Å²) in [6, 6.07) is 7.56. The fourth-order valence-electron chi connectivity index (χ4n) is 2.66. The van der Waals surface area contributed by atoms with Gasteiger partial charge in [0.15, 0.2) is 0 Å². The molecule has 1 aromatic heterocycles. The van der Waals surface area contributed by atoms with E-state index < -0.39 is 0 Å². The molecular weight excluding hydrogens is 393 g/mol. The number of likely N-dealkylation sites (tertiary alicyclic amines) is 1. The average molecular weight is 405 g/mol. The van der Waals surface area contributed by atoms with Crippen molar-refractivity contribution in [3.8, 4) is 0 Å². The molecule has 1 aliphatic heterocycles. The number of nitrogens with zero attached hydrogens (tertiary/aromatic N) is 1. The summed E-state index contributed by atoms with van der Waals surface area (Å²) in [6.07, 6.45) is 1.96. The zero-order valence-electron chi connectivity index (χ0n) is 11.0. The highest BCUT2D eigenvalue weighted by molar-refractivity contribution is 9.11. The number of amides is 1. The summed E-state index contributed by atoms with van der Waals surface area (Å²) in [5.41, 5.74) is 1.78. The van der Waals surface area contributed by atoms with E-state index in [2.05, 4.69) is 15.9 Å². The summed E-state index contributed by atoms with van der Waals surface area (Å²) < 4.78 is 0.969. The maximum atomic E-state index is 12.6. The molecule has 1 saturated heterocycles. The molecule has 0 aliphatic carbocycles. The first-order valence-electron chi connectivity index (χ1n) is 6.56. The molecule has 0 N–H and O–H groups in total. The first-order valence-corrected chi connectivity index (χ1v) is 8.99. The van der Waals surface area contributed by atoms with Crippen molar-refractivity contribution in [2.24, 2.45) is 0 Å². The second-order valence-corrected chi connectivity index (χ2v) is 8.07. The minimum atomic E-state index is 0.0746. The van der Waals surface area contributed by atoms with Gasteiger partial charge in [-0.15, -0.1) is 11.3 Å². The number of hydrogen-bond donors (Lipinski definition) is 0. The van der Waals surface area contributed by atoms with E-state index in [9.17, 15) is 4.79 Å². The Morgan fingerprint density at radius 2 is 2.10 bits per heavy atom. The smallest absolute Gasteiger partial charge is 0.255 e. The molecule has 1 aromatic carbocycles. The molecule has 1 amide bonds. The lowest BCUT2D eigenvalue weighted by Crippen LogP contribution is -2.30. The van der Waals surface area contributed by atoms with Gasteiger partial charge in [-0.2, -0.15) is 0 Å². The SMILES string of the molecule is O=C(c1csc(Br)c1)N1CCCC1c1ccc(Cl)c(Cl)c1. The number of thiophene rings is 1. The number of halogens is 3. The standard InChI is InChI=1S/C15H12BrCl2NOS/c16-14-7-10(8-21-14)15(20)19-5-1-2-13(19)9-3-4-11(17)12(18)6-9/h3-4,6-8,13H,1-2,5H2. The summed E-state index contributed by atoms with van der Waals surface area (Å²) in [5.74, 6) is 0.0746. The van der Waals surface area contributed by atoms with Crippen LogP contribution in [0.3, 0.4) is 0 Å². The lowest BCUT2D eigenvalue weighted by atomic mass is 10.0. The lowest BCUT2D eigenvalue weighted by molar-refractivity contribution is 0.0736. The number of benzene rings is 1. The van der Waals surface area contributed by atoms with Crippen LogP contribution in [0.1, 0.15) is 34.8 Å². The van der Waals surface area contributed by atoms with E-state index >= 15 is 0 Å². The van der Waals surface area contributed by atoms with Crippen molar-refractivity contribution in [3.05, 3.63) is 54.6 Å². The van der Waals surface area contributed by atoms with Gasteiger partial charge in [-0.25, -0.2) is 0 Å². The number of hydrogen-bond acceptors (Lipinski definition) is 2. The van der Waals surface area contributed by atoms with Crippen molar-refractivity contribution in [1.29, 1.82) is 0 Å². The normalized spacial score (nSPS) is 18.2. The Morgan fingerprint density at radius 1 is 1.29 bits per heavy atom. The number of carbonyl (C=O) groups is 1. The van der Waals surface area contributed by atoms with Gasteiger partial charge in [-0.3, -0.25) is 4.79 Å². The van der Waals surface area contributed by atoms with Gasteiger partial charge in [-0.05, 0) is 52.5 Å². The van der Waals surface area contributed by atoms with Crippen LogP contribution in [0.15, 0.2) is 33.4 Å². The molecule has 1 unspecified atom stereocenters. The molecule has 2 aromatic rings. The molecule has 1 fully saturated rings. The van der Waals surface area contributed by atoms with Gasteiger partial charge >= 0.3 is 0 Å².